The fraction of sp³-hybridized carbons (Fsp3) is 0.241. The van der Waals surface area contributed by atoms with Crippen LogP contribution in [0.4, 0.5) is 0 Å². The molecule has 0 bridgehead atoms. The number of methoxy groups -OCH3 is 2. The fourth-order valence-corrected chi connectivity index (χ4v) is 5.02. The predicted octanol–water partition coefficient (Wildman–Crippen LogP) is 6.32. The van der Waals surface area contributed by atoms with E-state index in [1.165, 1.54) is 7.11 Å². The topological polar surface area (TPSA) is 60.8 Å². The SMILES string of the molecule is COC(=O)C1=C(C)N(CCc2ccc(OC)cc2)C(=O)/C1=C\c1cc(C)n(-c2cc(Cl)ccc2Cl)c1C. The number of aryl methyl sites for hydroxylation is 1. The van der Waals surface area contributed by atoms with Crippen molar-refractivity contribution >= 4 is 41.2 Å². The van der Waals surface area contributed by atoms with E-state index in [4.69, 9.17) is 32.7 Å². The molecular weight excluding hydrogens is 511 g/mol. The second kappa shape index (κ2) is 10.9. The first-order valence-electron chi connectivity index (χ1n) is 11.8. The second-order valence-corrected chi connectivity index (χ2v) is 9.67. The molecule has 0 radical (unpaired) electrons. The quantitative estimate of drug-likeness (QED) is 0.260. The molecule has 0 spiro atoms. The van der Waals surface area contributed by atoms with E-state index in [9.17, 15) is 9.59 Å². The number of benzene rings is 2. The largest absolute Gasteiger partial charge is 0.497 e. The van der Waals surface area contributed by atoms with Gasteiger partial charge in [0, 0.05) is 28.7 Å². The lowest BCUT2D eigenvalue weighted by atomic mass is 10.0. The summed E-state index contributed by atoms with van der Waals surface area (Å²) in [5.74, 6) is -0.0142. The van der Waals surface area contributed by atoms with Crippen LogP contribution in [0.5, 0.6) is 5.75 Å². The molecule has 4 rings (SSSR count). The van der Waals surface area contributed by atoms with Crippen LogP contribution in [0, 0.1) is 13.8 Å². The standard InChI is InChI=1S/C29H28Cl2N2O4/c1-17-14-21(18(2)33(17)26-16-22(30)8-11-25(26)31)15-24-27(29(35)37-5)19(3)32(28(24)34)13-12-20-6-9-23(36-4)10-7-20/h6-11,14-16H,12-13H2,1-5H3/b24-15-. The van der Waals surface area contributed by atoms with Gasteiger partial charge in [-0.3, -0.25) is 4.79 Å². The molecular formula is C29H28Cl2N2O4. The van der Waals surface area contributed by atoms with E-state index < -0.39 is 5.97 Å². The maximum atomic E-state index is 13.6. The molecule has 192 valence electrons. The average molecular weight is 539 g/mol. The molecule has 0 N–H and O–H groups in total. The van der Waals surface area contributed by atoms with E-state index in [-0.39, 0.29) is 11.5 Å². The molecule has 2 aromatic carbocycles. The minimum Gasteiger partial charge on any atom is -0.497 e. The summed E-state index contributed by atoms with van der Waals surface area (Å²) in [6.07, 6.45) is 2.37. The summed E-state index contributed by atoms with van der Waals surface area (Å²) in [5.41, 5.74) is 5.51. The number of esters is 1. The summed E-state index contributed by atoms with van der Waals surface area (Å²) in [6, 6.07) is 14.9. The van der Waals surface area contributed by atoms with Gasteiger partial charge in [-0.25, -0.2) is 4.79 Å². The Hall–Kier alpha value is -3.48. The average Bonchev–Trinajstić information content (AvgIpc) is 3.29. The highest BCUT2D eigenvalue weighted by atomic mass is 35.5. The Morgan fingerprint density at radius 1 is 1.00 bits per heavy atom. The van der Waals surface area contributed by atoms with Gasteiger partial charge < -0.3 is 18.9 Å². The first-order chi connectivity index (χ1) is 17.7. The molecule has 3 aromatic rings. The number of ether oxygens (including phenoxy) is 2. The first-order valence-corrected chi connectivity index (χ1v) is 12.5. The number of amides is 1. The monoisotopic (exact) mass is 538 g/mol. The molecule has 0 saturated heterocycles. The van der Waals surface area contributed by atoms with Gasteiger partial charge in [0.25, 0.3) is 5.91 Å². The molecule has 0 aliphatic carbocycles. The third-order valence-corrected chi connectivity index (χ3v) is 7.16. The zero-order chi connectivity index (χ0) is 26.9. The van der Waals surface area contributed by atoms with Crippen molar-refractivity contribution in [3.8, 4) is 11.4 Å². The minimum absolute atomic E-state index is 0.239. The van der Waals surface area contributed by atoms with Crippen molar-refractivity contribution in [1.82, 2.24) is 9.47 Å². The summed E-state index contributed by atoms with van der Waals surface area (Å²) in [7, 11) is 2.94. The van der Waals surface area contributed by atoms with Crippen molar-refractivity contribution in [3.63, 3.8) is 0 Å². The molecule has 37 heavy (non-hydrogen) atoms. The lowest BCUT2D eigenvalue weighted by molar-refractivity contribution is -0.136. The van der Waals surface area contributed by atoms with Crippen molar-refractivity contribution in [2.24, 2.45) is 0 Å². The van der Waals surface area contributed by atoms with Crippen LogP contribution in [0.25, 0.3) is 11.8 Å². The molecule has 0 fully saturated rings. The molecule has 0 atom stereocenters. The van der Waals surface area contributed by atoms with Crippen molar-refractivity contribution in [2.45, 2.75) is 27.2 Å². The van der Waals surface area contributed by atoms with Gasteiger partial charge >= 0.3 is 5.97 Å². The molecule has 1 amide bonds. The number of aromatic nitrogens is 1. The second-order valence-electron chi connectivity index (χ2n) is 8.82. The number of nitrogens with zero attached hydrogens (tertiary/aromatic N) is 2. The molecule has 1 aliphatic rings. The molecule has 8 heteroatoms. The van der Waals surface area contributed by atoms with Crippen molar-refractivity contribution < 1.29 is 19.1 Å². The summed E-state index contributed by atoms with van der Waals surface area (Å²) < 4.78 is 12.2. The highest BCUT2D eigenvalue weighted by molar-refractivity contribution is 6.34. The van der Waals surface area contributed by atoms with Crippen LogP contribution in [0.3, 0.4) is 0 Å². The Labute approximate surface area is 226 Å². The van der Waals surface area contributed by atoms with Crippen molar-refractivity contribution in [3.05, 3.63) is 97.9 Å². The van der Waals surface area contributed by atoms with Gasteiger partial charge in [-0.05, 0) is 80.8 Å². The lowest BCUT2D eigenvalue weighted by Crippen LogP contribution is -2.27. The highest BCUT2D eigenvalue weighted by Crippen LogP contribution is 2.34. The molecule has 6 nitrogen and oxygen atoms in total. The van der Waals surface area contributed by atoms with Gasteiger partial charge in [-0.15, -0.1) is 0 Å². The van der Waals surface area contributed by atoms with Gasteiger partial charge in [-0.1, -0.05) is 35.3 Å². The fourth-order valence-electron chi connectivity index (χ4n) is 4.65. The van der Waals surface area contributed by atoms with E-state index in [2.05, 4.69) is 0 Å². The Morgan fingerprint density at radius 2 is 1.70 bits per heavy atom. The summed E-state index contributed by atoms with van der Waals surface area (Å²) >= 11 is 12.7. The highest BCUT2D eigenvalue weighted by Gasteiger charge is 2.37. The zero-order valence-electron chi connectivity index (χ0n) is 21.4. The first kappa shape index (κ1) is 26.6. The van der Waals surface area contributed by atoms with E-state index in [1.54, 1.807) is 43.2 Å². The normalized spacial score (nSPS) is 14.6. The molecule has 0 unspecified atom stereocenters. The van der Waals surface area contributed by atoms with E-state index >= 15 is 0 Å². The van der Waals surface area contributed by atoms with Crippen molar-refractivity contribution in [1.29, 1.82) is 0 Å². The minimum atomic E-state index is -0.546. The van der Waals surface area contributed by atoms with Crippen LogP contribution < -0.4 is 4.74 Å². The van der Waals surface area contributed by atoms with E-state index in [0.717, 1.165) is 34.0 Å². The van der Waals surface area contributed by atoms with Gasteiger partial charge in [-0.2, -0.15) is 0 Å². The molecule has 0 saturated carbocycles. The third-order valence-electron chi connectivity index (χ3n) is 6.60. The molecule has 1 aliphatic heterocycles. The number of rotatable bonds is 7. The number of halogens is 2. The van der Waals surface area contributed by atoms with Crippen LogP contribution in [-0.2, 0) is 20.7 Å². The summed E-state index contributed by atoms with van der Waals surface area (Å²) in [5, 5.41) is 1.12. The lowest BCUT2D eigenvalue weighted by Gasteiger charge is -2.18. The predicted molar refractivity (Wildman–Crippen MR) is 146 cm³/mol. The van der Waals surface area contributed by atoms with Crippen LogP contribution in [0.15, 0.2) is 65.4 Å². The van der Waals surface area contributed by atoms with Gasteiger partial charge in [0.2, 0.25) is 0 Å². The van der Waals surface area contributed by atoms with Gasteiger partial charge in [0.05, 0.1) is 36.1 Å². The number of hydrogen-bond acceptors (Lipinski definition) is 4. The number of carbonyl (C=O) groups is 2. The number of allylic oxidation sites excluding steroid dienone is 1. The maximum absolute atomic E-state index is 13.6. The van der Waals surface area contributed by atoms with Crippen LogP contribution >= 0.6 is 23.2 Å². The number of hydrogen-bond donors (Lipinski definition) is 0. The zero-order valence-corrected chi connectivity index (χ0v) is 22.9. The molecule has 2 heterocycles. The van der Waals surface area contributed by atoms with Gasteiger partial charge in [0.1, 0.15) is 5.75 Å². The van der Waals surface area contributed by atoms with Crippen molar-refractivity contribution in [2.75, 3.05) is 20.8 Å². The van der Waals surface area contributed by atoms with Crippen LogP contribution in [0.1, 0.15) is 29.4 Å². The Kier molecular flexibility index (Phi) is 7.81. The summed E-state index contributed by atoms with van der Waals surface area (Å²) in [4.78, 5) is 28.0. The Bertz CT molecular complexity index is 1430. The Morgan fingerprint density at radius 3 is 2.35 bits per heavy atom. The van der Waals surface area contributed by atoms with Crippen LogP contribution in [-0.4, -0.2) is 42.1 Å². The number of carbonyl (C=O) groups excluding carboxylic acids is 2. The molecule has 1 aromatic heterocycles. The third kappa shape index (κ3) is 5.17. The summed E-state index contributed by atoms with van der Waals surface area (Å²) in [6.45, 7) is 6.08. The van der Waals surface area contributed by atoms with E-state index in [1.807, 2.05) is 48.7 Å². The van der Waals surface area contributed by atoms with Crippen LogP contribution in [0.2, 0.25) is 10.0 Å². The smallest absolute Gasteiger partial charge is 0.340 e. The van der Waals surface area contributed by atoms with Gasteiger partial charge in [0.15, 0.2) is 0 Å². The maximum Gasteiger partial charge on any atom is 0.340 e. The Balaban J connectivity index is 1.71. The van der Waals surface area contributed by atoms with E-state index in [0.29, 0.717) is 34.3 Å².